The lowest BCUT2D eigenvalue weighted by Crippen LogP contribution is -2.70. The van der Waals surface area contributed by atoms with E-state index in [1.54, 1.807) is 37.3 Å². The first-order valence-corrected chi connectivity index (χ1v) is 7.79. The molecule has 2 N–H and O–H groups in total. The number of hydrogen-bond acceptors (Lipinski definition) is 4. The molecule has 2 aliphatic heterocycles. The summed E-state index contributed by atoms with van der Waals surface area (Å²) in [5.41, 5.74) is 1.17. The van der Waals surface area contributed by atoms with Gasteiger partial charge in [0.2, 0.25) is 0 Å². The minimum Gasteiger partial charge on any atom is -0.477 e. The molecule has 3 rings (SSSR count). The van der Waals surface area contributed by atoms with Crippen LogP contribution in [0.5, 0.6) is 0 Å². The largest absolute Gasteiger partial charge is 0.477 e. The number of rotatable bonds is 3. The second kappa shape index (κ2) is 5.49. The Morgan fingerprint density at radius 3 is 2.64 bits per heavy atom. The van der Waals surface area contributed by atoms with Crippen molar-refractivity contribution in [2.75, 3.05) is 5.75 Å². The number of carboxylic acid groups (broad SMARTS) is 1. The van der Waals surface area contributed by atoms with Crippen LogP contribution in [0.25, 0.3) is 0 Å². The Hall–Kier alpha value is -2.28. The van der Waals surface area contributed by atoms with Gasteiger partial charge in [-0.25, -0.2) is 4.79 Å². The zero-order valence-electron chi connectivity index (χ0n) is 11.8. The SMILES string of the molecule is CC1=C(C(=O)O)N2C(=O)[C@@H](NC(=O)c3ccccc3)[C@H]2SC1. The molecule has 7 heteroatoms. The van der Waals surface area contributed by atoms with Gasteiger partial charge in [0.15, 0.2) is 0 Å². The van der Waals surface area contributed by atoms with Gasteiger partial charge in [0.05, 0.1) is 0 Å². The van der Waals surface area contributed by atoms with E-state index in [4.69, 9.17) is 0 Å². The highest BCUT2D eigenvalue weighted by Gasteiger charge is 2.53. The highest BCUT2D eigenvalue weighted by Crippen LogP contribution is 2.40. The number of nitrogens with zero attached hydrogens (tertiary/aromatic N) is 1. The summed E-state index contributed by atoms with van der Waals surface area (Å²) in [6.07, 6.45) is 0. The molecular formula is C15H14N2O4S. The molecule has 1 fully saturated rings. The van der Waals surface area contributed by atoms with Crippen molar-refractivity contribution in [2.45, 2.75) is 18.3 Å². The summed E-state index contributed by atoms with van der Waals surface area (Å²) in [5.74, 6) is -1.28. The van der Waals surface area contributed by atoms with Gasteiger partial charge in [0.1, 0.15) is 17.1 Å². The third-order valence-corrected chi connectivity index (χ3v) is 5.11. The summed E-state index contributed by atoms with van der Waals surface area (Å²) in [4.78, 5) is 36.9. The van der Waals surface area contributed by atoms with Gasteiger partial charge in [-0.15, -0.1) is 11.8 Å². The molecule has 0 saturated carbocycles. The number of hydrogen-bond donors (Lipinski definition) is 2. The fourth-order valence-electron chi connectivity index (χ4n) is 2.59. The molecule has 0 radical (unpaired) electrons. The van der Waals surface area contributed by atoms with Crippen LogP contribution < -0.4 is 5.32 Å². The molecule has 1 aromatic rings. The van der Waals surface area contributed by atoms with Gasteiger partial charge in [-0.3, -0.25) is 14.5 Å². The Morgan fingerprint density at radius 1 is 1.32 bits per heavy atom. The Morgan fingerprint density at radius 2 is 2.00 bits per heavy atom. The van der Waals surface area contributed by atoms with Crippen LogP contribution in [0, 0.1) is 0 Å². The predicted octanol–water partition coefficient (Wildman–Crippen LogP) is 1.06. The van der Waals surface area contributed by atoms with E-state index in [-0.39, 0.29) is 22.9 Å². The molecule has 0 aromatic heterocycles. The Labute approximate surface area is 131 Å². The van der Waals surface area contributed by atoms with Gasteiger partial charge in [-0.1, -0.05) is 18.2 Å². The van der Waals surface area contributed by atoms with Crippen LogP contribution in [-0.2, 0) is 9.59 Å². The molecule has 22 heavy (non-hydrogen) atoms. The van der Waals surface area contributed by atoms with Crippen molar-refractivity contribution in [3.8, 4) is 0 Å². The summed E-state index contributed by atoms with van der Waals surface area (Å²) >= 11 is 1.46. The first-order valence-electron chi connectivity index (χ1n) is 6.74. The van der Waals surface area contributed by atoms with E-state index in [1.807, 2.05) is 0 Å². The number of carbonyl (C=O) groups excluding carboxylic acids is 2. The maximum Gasteiger partial charge on any atom is 0.352 e. The van der Waals surface area contributed by atoms with Crippen LogP contribution in [0.15, 0.2) is 41.6 Å². The van der Waals surface area contributed by atoms with Crippen LogP contribution in [-0.4, -0.2) is 45.0 Å². The smallest absolute Gasteiger partial charge is 0.352 e. The summed E-state index contributed by atoms with van der Waals surface area (Å²) in [6.45, 7) is 1.70. The summed E-state index contributed by atoms with van der Waals surface area (Å²) < 4.78 is 0. The number of β-lactam (4-membered cyclic amide) rings is 1. The number of thioether (sulfide) groups is 1. The molecule has 6 nitrogen and oxygen atoms in total. The molecular weight excluding hydrogens is 304 g/mol. The van der Waals surface area contributed by atoms with Crippen molar-refractivity contribution in [1.29, 1.82) is 0 Å². The molecule has 1 aromatic carbocycles. The molecule has 1 saturated heterocycles. The highest BCUT2D eigenvalue weighted by atomic mass is 32.2. The number of benzene rings is 1. The van der Waals surface area contributed by atoms with Crippen LogP contribution >= 0.6 is 11.8 Å². The minimum absolute atomic E-state index is 0.0407. The maximum atomic E-state index is 12.2. The fraction of sp³-hybridized carbons (Fsp3) is 0.267. The molecule has 2 amide bonds. The maximum absolute atomic E-state index is 12.2. The van der Waals surface area contributed by atoms with E-state index in [1.165, 1.54) is 16.7 Å². The molecule has 2 heterocycles. The lowest BCUT2D eigenvalue weighted by Gasteiger charge is -2.49. The van der Waals surface area contributed by atoms with Crippen molar-refractivity contribution < 1.29 is 19.5 Å². The first-order chi connectivity index (χ1) is 10.5. The number of amides is 2. The van der Waals surface area contributed by atoms with Crippen molar-refractivity contribution in [2.24, 2.45) is 0 Å². The van der Waals surface area contributed by atoms with E-state index < -0.39 is 12.0 Å². The molecule has 0 aliphatic carbocycles. The number of fused-ring (bicyclic) bond motifs is 1. The van der Waals surface area contributed by atoms with E-state index in [0.717, 1.165) is 0 Å². The predicted molar refractivity (Wildman–Crippen MR) is 81.1 cm³/mol. The molecule has 2 atom stereocenters. The molecule has 114 valence electrons. The van der Waals surface area contributed by atoms with Gasteiger partial charge in [0.25, 0.3) is 11.8 Å². The first kappa shape index (κ1) is 14.6. The van der Waals surface area contributed by atoms with E-state index >= 15 is 0 Å². The number of nitrogens with one attached hydrogen (secondary N) is 1. The molecule has 0 bridgehead atoms. The van der Waals surface area contributed by atoms with E-state index in [0.29, 0.717) is 16.9 Å². The topological polar surface area (TPSA) is 86.7 Å². The van der Waals surface area contributed by atoms with E-state index in [9.17, 15) is 19.5 Å². The van der Waals surface area contributed by atoms with Crippen LogP contribution in [0.3, 0.4) is 0 Å². The number of carboxylic acids is 1. The molecule has 2 aliphatic rings. The summed E-state index contributed by atoms with van der Waals surface area (Å²) in [7, 11) is 0. The Kier molecular flexibility index (Phi) is 3.66. The van der Waals surface area contributed by atoms with E-state index in [2.05, 4.69) is 5.32 Å². The van der Waals surface area contributed by atoms with Crippen molar-refractivity contribution in [3.05, 3.63) is 47.2 Å². The second-order valence-electron chi connectivity index (χ2n) is 5.16. The summed E-state index contributed by atoms with van der Waals surface area (Å²) in [6, 6.07) is 7.94. The van der Waals surface area contributed by atoms with Crippen LogP contribution in [0.4, 0.5) is 0 Å². The third-order valence-electron chi connectivity index (χ3n) is 3.68. The normalized spacial score (nSPS) is 23.7. The Balaban J connectivity index is 1.76. The van der Waals surface area contributed by atoms with Gasteiger partial charge < -0.3 is 10.4 Å². The third kappa shape index (κ3) is 2.27. The van der Waals surface area contributed by atoms with Gasteiger partial charge in [0, 0.05) is 11.3 Å². The lowest BCUT2D eigenvalue weighted by atomic mass is 10.0. The number of carbonyl (C=O) groups is 3. The van der Waals surface area contributed by atoms with Gasteiger partial charge in [-0.05, 0) is 24.6 Å². The van der Waals surface area contributed by atoms with Crippen molar-refractivity contribution >= 4 is 29.5 Å². The monoisotopic (exact) mass is 318 g/mol. The molecule has 0 unspecified atom stereocenters. The molecule has 0 spiro atoms. The van der Waals surface area contributed by atoms with Crippen molar-refractivity contribution in [1.82, 2.24) is 10.2 Å². The van der Waals surface area contributed by atoms with Crippen LogP contribution in [0.1, 0.15) is 17.3 Å². The van der Waals surface area contributed by atoms with Gasteiger partial charge >= 0.3 is 5.97 Å². The van der Waals surface area contributed by atoms with Crippen molar-refractivity contribution in [3.63, 3.8) is 0 Å². The lowest BCUT2D eigenvalue weighted by molar-refractivity contribution is -0.148. The zero-order chi connectivity index (χ0) is 15.9. The summed E-state index contributed by atoms with van der Waals surface area (Å²) in [5, 5.41) is 11.6. The standard InChI is InChI=1S/C15H14N2O4S/c1-8-7-22-14-10(13(19)17(14)11(8)15(20)21)16-12(18)9-5-3-2-4-6-9/h2-6,10,14H,7H2,1H3,(H,16,18)(H,20,21)/t10-,14-/m1/s1. The Bertz CT molecular complexity index is 686. The average molecular weight is 318 g/mol. The van der Waals surface area contributed by atoms with Crippen LogP contribution in [0.2, 0.25) is 0 Å². The minimum atomic E-state index is -1.11. The average Bonchev–Trinajstić information content (AvgIpc) is 2.52. The zero-order valence-corrected chi connectivity index (χ0v) is 12.6. The van der Waals surface area contributed by atoms with Gasteiger partial charge in [-0.2, -0.15) is 0 Å². The quantitative estimate of drug-likeness (QED) is 0.814. The fourth-order valence-corrected chi connectivity index (χ4v) is 3.88. The second-order valence-corrected chi connectivity index (χ2v) is 6.27. The number of aliphatic carboxylic acids is 1. The highest BCUT2D eigenvalue weighted by molar-refractivity contribution is 8.00.